The fraction of sp³-hybridized carbons (Fsp3) is 0.962. The molecule has 8 nitrogen and oxygen atoms in total. The first-order valence-electron chi connectivity index (χ1n) is 13.1. The van der Waals surface area contributed by atoms with Crippen LogP contribution in [-0.4, -0.2) is 99.2 Å². The molecule has 1 spiro atoms. The number of nitrogens with zero attached hydrogens (tertiary/aromatic N) is 1. The molecule has 0 aromatic carbocycles. The zero-order chi connectivity index (χ0) is 24.2. The van der Waals surface area contributed by atoms with Gasteiger partial charge in [-0.1, -0.05) is 6.92 Å². The maximum atomic E-state index is 12.8. The van der Waals surface area contributed by atoms with Crippen LogP contribution in [0.25, 0.3) is 0 Å². The minimum atomic E-state index is -0.981. The molecule has 34 heavy (non-hydrogen) atoms. The fourth-order valence-corrected chi connectivity index (χ4v) is 11.0. The molecule has 0 unspecified atom stereocenters. The first-order valence-corrected chi connectivity index (χ1v) is 13.1. The van der Waals surface area contributed by atoms with Gasteiger partial charge in [0.1, 0.15) is 5.60 Å². The van der Waals surface area contributed by atoms with Gasteiger partial charge in [0.15, 0.2) is 0 Å². The van der Waals surface area contributed by atoms with Gasteiger partial charge >= 0.3 is 5.97 Å². The van der Waals surface area contributed by atoms with Crippen molar-refractivity contribution in [3.05, 3.63) is 0 Å². The maximum absolute atomic E-state index is 12.8. The molecule has 1 aliphatic heterocycles. The molecule has 6 fully saturated rings. The Morgan fingerprint density at radius 1 is 1.06 bits per heavy atom. The van der Waals surface area contributed by atoms with Crippen LogP contribution in [0.4, 0.5) is 0 Å². The van der Waals surface area contributed by atoms with E-state index in [9.17, 15) is 9.90 Å². The zero-order valence-electron chi connectivity index (χ0n) is 21.4. The topological polar surface area (TPSA) is 86.7 Å². The van der Waals surface area contributed by atoms with E-state index in [1.54, 1.807) is 21.3 Å². The number of likely N-dealkylation sites (N-methyl/N-ethyl adjacent to an activating group) is 1. The summed E-state index contributed by atoms with van der Waals surface area (Å²) in [5.74, 6) is -0.00461. The van der Waals surface area contributed by atoms with Gasteiger partial charge in [-0.05, 0) is 31.7 Å². The summed E-state index contributed by atoms with van der Waals surface area (Å²) in [6.45, 7) is 5.21. The van der Waals surface area contributed by atoms with Crippen molar-refractivity contribution in [1.82, 2.24) is 4.90 Å². The molecule has 0 amide bonds. The number of rotatable bonds is 6. The largest absolute Gasteiger partial charge is 0.457 e. The second kappa shape index (κ2) is 7.62. The monoisotopic (exact) mass is 479 g/mol. The van der Waals surface area contributed by atoms with E-state index in [1.165, 1.54) is 6.92 Å². The Balaban J connectivity index is 1.63. The number of fused-ring (bicyclic) bond motifs is 2. The number of aliphatic hydroxyl groups is 1. The van der Waals surface area contributed by atoms with E-state index in [-0.39, 0.29) is 71.4 Å². The van der Waals surface area contributed by atoms with Crippen molar-refractivity contribution >= 4 is 5.97 Å². The Kier molecular flexibility index (Phi) is 5.29. The lowest BCUT2D eigenvalue weighted by atomic mass is 9.45. The van der Waals surface area contributed by atoms with Crippen molar-refractivity contribution in [1.29, 1.82) is 0 Å². The standard InChI is InChI=1S/C26H41NO7/c1-7-27-12-24(34-13(2)28)9-8-17(31-4)26-15-10-14-16(30-3)11-25(29,18(15)20(14)32-5)19(23(26)27)21(33-6)22(24)26/h14-23,29H,7-12H2,1-6H3/t14-,15-,16+,17+,18-,19+,20+,21-,22-,23-,24-,25-,26+/m1/s1. The van der Waals surface area contributed by atoms with E-state index >= 15 is 0 Å². The molecule has 1 saturated heterocycles. The molecule has 8 heteroatoms. The van der Waals surface area contributed by atoms with Crippen molar-refractivity contribution in [2.75, 3.05) is 41.5 Å². The highest BCUT2D eigenvalue weighted by atomic mass is 16.6. The first kappa shape index (κ1) is 23.6. The van der Waals surface area contributed by atoms with Gasteiger partial charge in [0.25, 0.3) is 0 Å². The lowest BCUT2D eigenvalue weighted by Crippen LogP contribution is -2.78. The molecular formula is C26H41NO7. The quantitative estimate of drug-likeness (QED) is 0.574. The normalized spacial score (nSPS) is 57.0. The molecule has 5 saturated carbocycles. The summed E-state index contributed by atoms with van der Waals surface area (Å²) in [6, 6.07) is 0.0968. The third-order valence-corrected chi connectivity index (χ3v) is 11.3. The average Bonchev–Trinajstić information content (AvgIpc) is 3.26. The molecule has 13 atom stereocenters. The van der Waals surface area contributed by atoms with Gasteiger partial charge in [0, 0.05) is 83.5 Å². The number of hydrogen-bond donors (Lipinski definition) is 1. The molecule has 1 N–H and O–H groups in total. The van der Waals surface area contributed by atoms with Crippen LogP contribution >= 0.6 is 0 Å². The van der Waals surface area contributed by atoms with Gasteiger partial charge in [-0.3, -0.25) is 9.69 Å². The van der Waals surface area contributed by atoms with Crippen LogP contribution < -0.4 is 0 Å². The molecular weight excluding hydrogens is 438 g/mol. The second-order valence-corrected chi connectivity index (χ2v) is 11.8. The van der Waals surface area contributed by atoms with Crippen molar-refractivity contribution in [3.63, 3.8) is 0 Å². The van der Waals surface area contributed by atoms with E-state index in [2.05, 4.69) is 11.8 Å². The number of piperidine rings is 1. The predicted octanol–water partition coefficient (Wildman–Crippen LogP) is 1.48. The van der Waals surface area contributed by atoms with Gasteiger partial charge in [0.2, 0.25) is 0 Å². The summed E-state index contributed by atoms with van der Waals surface area (Å²) in [6.07, 6.45) is 2.76. The van der Waals surface area contributed by atoms with E-state index in [4.69, 9.17) is 23.7 Å². The zero-order valence-corrected chi connectivity index (χ0v) is 21.4. The molecule has 7 bridgehead atoms. The van der Waals surface area contributed by atoms with Gasteiger partial charge in [0.05, 0.1) is 30.0 Å². The second-order valence-electron chi connectivity index (χ2n) is 11.8. The minimum Gasteiger partial charge on any atom is -0.457 e. The van der Waals surface area contributed by atoms with Crippen LogP contribution in [-0.2, 0) is 28.5 Å². The predicted molar refractivity (Wildman–Crippen MR) is 122 cm³/mol. The number of methoxy groups -OCH3 is 4. The number of likely N-dealkylation sites (tertiary alicyclic amines) is 1. The molecule has 6 rings (SSSR count). The summed E-state index contributed by atoms with van der Waals surface area (Å²) in [5.41, 5.74) is -1.91. The number of esters is 1. The van der Waals surface area contributed by atoms with E-state index in [0.29, 0.717) is 13.0 Å². The van der Waals surface area contributed by atoms with Crippen LogP contribution in [0.2, 0.25) is 0 Å². The SMILES string of the molecule is CCN1C[C@]2(OC(C)=O)CC[C@H](OC)[C@@]34[C@@H]5C[C@H]6[C@H](OC)[C@@H]5[C@](O)(C[C@@H]6OC)[C@@H]([C@@H](OC)[C@H]23)[C@@H]14. The summed E-state index contributed by atoms with van der Waals surface area (Å²) >= 11 is 0. The summed E-state index contributed by atoms with van der Waals surface area (Å²) in [5, 5.41) is 12.8. The molecule has 1 heterocycles. The molecule has 6 aliphatic rings. The Hall–Kier alpha value is -0.770. The summed E-state index contributed by atoms with van der Waals surface area (Å²) in [7, 11) is 7.12. The van der Waals surface area contributed by atoms with Crippen LogP contribution in [0.5, 0.6) is 0 Å². The first-order chi connectivity index (χ1) is 16.3. The Morgan fingerprint density at radius 3 is 2.38 bits per heavy atom. The molecule has 0 aromatic rings. The Labute approximate surface area is 202 Å². The average molecular weight is 480 g/mol. The van der Waals surface area contributed by atoms with Gasteiger partial charge in [-0.25, -0.2) is 0 Å². The number of ether oxygens (including phenoxy) is 5. The third-order valence-electron chi connectivity index (χ3n) is 11.3. The lowest BCUT2D eigenvalue weighted by molar-refractivity contribution is -0.288. The van der Waals surface area contributed by atoms with Crippen LogP contribution in [0.3, 0.4) is 0 Å². The lowest BCUT2D eigenvalue weighted by Gasteiger charge is -2.68. The van der Waals surface area contributed by atoms with Crippen molar-refractivity contribution < 1.29 is 33.6 Å². The van der Waals surface area contributed by atoms with Gasteiger partial charge < -0.3 is 28.8 Å². The smallest absolute Gasteiger partial charge is 0.303 e. The number of hydrogen-bond acceptors (Lipinski definition) is 8. The van der Waals surface area contributed by atoms with Gasteiger partial charge in [-0.15, -0.1) is 0 Å². The highest BCUT2D eigenvalue weighted by molar-refractivity contribution is 5.67. The number of carbonyl (C=O) groups excluding carboxylic acids is 1. The van der Waals surface area contributed by atoms with E-state index < -0.39 is 11.2 Å². The highest BCUT2D eigenvalue weighted by Gasteiger charge is 2.87. The van der Waals surface area contributed by atoms with Crippen molar-refractivity contribution in [2.45, 2.75) is 81.2 Å². The molecule has 192 valence electrons. The van der Waals surface area contributed by atoms with Crippen molar-refractivity contribution in [3.8, 4) is 0 Å². The van der Waals surface area contributed by atoms with Crippen LogP contribution in [0.15, 0.2) is 0 Å². The summed E-state index contributed by atoms with van der Waals surface area (Å²) < 4.78 is 31.2. The van der Waals surface area contributed by atoms with Crippen LogP contribution in [0, 0.1) is 35.0 Å². The Morgan fingerprint density at radius 2 is 1.79 bits per heavy atom. The van der Waals surface area contributed by atoms with Gasteiger partial charge in [-0.2, -0.15) is 0 Å². The summed E-state index contributed by atoms with van der Waals surface area (Å²) in [4.78, 5) is 15.0. The molecule has 5 aliphatic carbocycles. The van der Waals surface area contributed by atoms with Crippen LogP contribution in [0.1, 0.15) is 39.5 Å². The van der Waals surface area contributed by atoms with E-state index in [0.717, 1.165) is 25.8 Å². The van der Waals surface area contributed by atoms with E-state index in [1.807, 2.05) is 7.11 Å². The molecule has 0 aromatic heterocycles. The fourth-order valence-electron chi connectivity index (χ4n) is 11.0. The third kappa shape index (κ3) is 2.44. The maximum Gasteiger partial charge on any atom is 0.303 e. The minimum absolute atomic E-state index is 0.00980. The number of carbonyl (C=O) groups is 1. The Bertz CT molecular complexity index is 855. The highest BCUT2D eigenvalue weighted by Crippen LogP contribution is 2.78. The van der Waals surface area contributed by atoms with Crippen molar-refractivity contribution in [2.24, 2.45) is 35.0 Å². The molecule has 0 radical (unpaired) electrons.